The minimum Gasteiger partial charge on any atom is -0.508 e. The third-order valence-electron chi connectivity index (χ3n) is 16.8. The summed E-state index contributed by atoms with van der Waals surface area (Å²) in [5.41, 5.74) is 19.4. The highest BCUT2D eigenvalue weighted by Gasteiger charge is 2.40. The first-order valence-electron chi connectivity index (χ1n) is 32.3. The summed E-state index contributed by atoms with van der Waals surface area (Å²) in [6.45, 7) is 2.35. The summed E-state index contributed by atoms with van der Waals surface area (Å²) < 4.78 is 0. The van der Waals surface area contributed by atoms with Crippen molar-refractivity contribution in [2.45, 2.75) is 139 Å². The van der Waals surface area contributed by atoms with Crippen LogP contribution in [-0.2, 0) is 78.4 Å². The molecule has 3 heterocycles. The Bertz CT molecular complexity index is 3840. The zero-order chi connectivity index (χ0) is 69.7. The summed E-state index contributed by atoms with van der Waals surface area (Å²) in [5.74, 6) is -8.88. The van der Waals surface area contributed by atoms with Gasteiger partial charge in [0.05, 0.1) is 13.2 Å². The average molecular weight is 1330 g/mol. The number of carbonyl (C=O) groups excluding carboxylic acids is 11. The van der Waals surface area contributed by atoms with E-state index in [-0.39, 0.29) is 101 Å². The Hall–Kier alpha value is -10.9. The first kappa shape index (κ1) is 71.9. The number of hydrogen-bond acceptors (Lipinski definition) is 14. The molecular formula is C69H85N15O13. The lowest BCUT2D eigenvalue weighted by atomic mass is 9.98. The van der Waals surface area contributed by atoms with Crippen molar-refractivity contribution in [3.05, 3.63) is 150 Å². The van der Waals surface area contributed by atoms with Gasteiger partial charge in [0, 0.05) is 62.3 Å². The second-order valence-corrected chi connectivity index (χ2v) is 24.7. The molecule has 1 aromatic heterocycles. The molecule has 514 valence electrons. The van der Waals surface area contributed by atoms with Gasteiger partial charge in [-0.25, -0.2) is 0 Å². The van der Waals surface area contributed by atoms with E-state index in [4.69, 9.17) is 17.2 Å². The lowest BCUT2D eigenvalue weighted by Crippen LogP contribution is -2.61. The van der Waals surface area contributed by atoms with Crippen LogP contribution in [-0.4, -0.2) is 172 Å². The number of para-hydroxylation sites is 1. The minimum atomic E-state index is -1.79. The number of carbonyl (C=O) groups is 11. The number of primary amides is 1. The Labute approximate surface area is 559 Å². The number of nitrogens with zero attached hydrogens (tertiary/aromatic N) is 2. The smallest absolute Gasteiger partial charge is 0.245 e. The Morgan fingerprint density at radius 3 is 1.77 bits per heavy atom. The molecule has 5 aromatic carbocycles. The summed E-state index contributed by atoms with van der Waals surface area (Å²) in [4.78, 5) is 162. The largest absolute Gasteiger partial charge is 0.508 e. The third kappa shape index (κ3) is 20.8. The lowest BCUT2D eigenvalue weighted by molar-refractivity contribution is -0.142. The number of aromatic nitrogens is 1. The van der Waals surface area contributed by atoms with Gasteiger partial charge in [0.1, 0.15) is 60.1 Å². The van der Waals surface area contributed by atoms with Crippen molar-refractivity contribution in [1.29, 1.82) is 0 Å². The number of phenols is 1. The van der Waals surface area contributed by atoms with Crippen molar-refractivity contribution in [1.82, 2.24) is 57.7 Å². The van der Waals surface area contributed by atoms with Crippen LogP contribution in [0, 0.1) is 5.92 Å². The fourth-order valence-corrected chi connectivity index (χ4v) is 11.8. The van der Waals surface area contributed by atoms with Gasteiger partial charge >= 0.3 is 0 Å². The maximum absolute atomic E-state index is 15.1. The number of benzene rings is 5. The zero-order valence-corrected chi connectivity index (χ0v) is 54.0. The van der Waals surface area contributed by atoms with E-state index in [9.17, 15) is 53.4 Å². The molecule has 2 aliphatic heterocycles. The van der Waals surface area contributed by atoms with Crippen LogP contribution < -0.4 is 65.1 Å². The van der Waals surface area contributed by atoms with E-state index in [1.165, 1.54) is 29.2 Å². The molecule has 0 unspecified atom stereocenters. The summed E-state index contributed by atoms with van der Waals surface area (Å²) in [6, 6.07) is 22.5. The molecule has 2 saturated heterocycles. The predicted octanol–water partition coefficient (Wildman–Crippen LogP) is -0.346. The molecule has 28 heteroatoms. The first-order chi connectivity index (χ1) is 46.5. The number of aromatic amines is 1. The van der Waals surface area contributed by atoms with Crippen molar-refractivity contribution in [2.24, 2.45) is 28.1 Å². The number of fused-ring (bicyclic) bond motifs is 2. The molecule has 11 amide bonds. The van der Waals surface area contributed by atoms with Gasteiger partial charge in [0.15, 0.2) is 5.96 Å². The number of aromatic hydroxyl groups is 1. The van der Waals surface area contributed by atoms with Gasteiger partial charge in [-0.1, -0.05) is 117 Å². The number of guanidine groups is 1. The van der Waals surface area contributed by atoms with Crippen LogP contribution in [0.15, 0.2) is 133 Å². The SMILES string of the molecule is CC(C)C[C@H](NC(=O)[C@@H](Cc1ccc2ccccc2c1)NC(=O)[C@H](Cc1ccc(O)cc1)NC(=O)[C@H](CO)NC(=O)[C@H](Cc1c[nH]c2ccccc12)NC(=O)[C@H](Cc1ccccc1)NC(=O)[C@@H]1CCC(=O)N1)C(=O)N[C@@H](CCCN=C(N)N)C(=O)N1CCC[C@H]1C(=O)NCC(N)=O. The highest BCUT2D eigenvalue weighted by Crippen LogP contribution is 2.23. The summed E-state index contributed by atoms with van der Waals surface area (Å²) in [6.07, 6.45) is 2.23. The topological polar surface area (TPSA) is 446 Å². The number of nitrogens with one attached hydrogen (secondary N) is 10. The fourth-order valence-electron chi connectivity index (χ4n) is 11.8. The number of aliphatic hydroxyl groups is 1. The number of aliphatic hydroxyl groups excluding tert-OH is 1. The zero-order valence-electron chi connectivity index (χ0n) is 54.0. The fraction of sp³-hybridized carbons (Fsp3) is 0.391. The van der Waals surface area contributed by atoms with Gasteiger partial charge in [0.25, 0.3) is 0 Å². The maximum atomic E-state index is 15.1. The van der Waals surface area contributed by atoms with Crippen LogP contribution in [0.5, 0.6) is 5.75 Å². The molecule has 0 radical (unpaired) electrons. The van der Waals surface area contributed by atoms with E-state index < -0.39 is 127 Å². The van der Waals surface area contributed by atoms with Gasteiger partial charge in [-0.2, -0.15) is 0 Å². The first-order valence-corrected chi connectivity index (χ1v) is 32.3. The number of aliphatic imine (C=N–C) groups is 1. The molecule has 0 saturated carbocycles. The van der Waals surface area contributed by atoms with E-state index in [0.29, 0.717) is 39.6 Å². The second-order valence-electron chi connectivity index (χ2n) is 24.7. The number of hydrogen-bond donors (Lipinski definition) is 15. The molecule has 8 rings (SSSR count). The molecule has 28 nitrogen and oxygen atoms in total. The molecule has 0 spiro atoms. The van der Waals surface area contributed by atoms with E-state index in [1.807, 2.05) is 62.4 Å². The van der Waals surface area contributed by atoms with Crippen molar-refractivity contribution in [3.8, 4) is 5.75 Å². The highest BCUT2D eigenvalue weighted by molar-refractivity contribution is 6.00. The minimum absolute atomic E-state index is 0.00578. The highest BCUT2D eigenvalue weighted by atomic mass is 16.3. The van der Waals surface area contributed by atoms with Crippen molar-refractivity contribution in [3.63, 3.8) is 0 Å². The molecule has 6 aromatic rings. The van der Waals surface area contributed by atoms with Gasteiger partial charge in [-0.05, 0) is 95.7 Å². The number of H-pyrrole nitrogens is 1. The van der Waals surface area contributed by atoms with Crippen molar-refractivity contribution >= 4 is 92.6 Å². The van der Waals surface area contributed by atoms with Gasteiger partial charge in [-0.15, -0.1) is 0 Å². The van der Waals surface area contributed by atoms with E-state index in [1.54, 1.807) is 54.7 Å². The molecule has 97 heavy (non-hydrogen) atoms. The Morgan fingerprint density at radius 2 is 1.14 bits per heavy atom. The van der Waals surface area contributed by atoms with Gasteiger partial charge in [0.2, 0.25) is 65.0 Å². The normalized spacial score (nSPS) is 16.5. The molecular weight excluding hydrogens is 1250 g/mol. The Kier molecular flexibility index (Phi) is 25.6. The van der Waals surface area contributed by atoms with E-state index >= 15 is 9.59 Å². The van der Waals surface area contributed by atoms with Crippen molar-refractivity contribution < 1.29 is 63.0 Å². The summed E-state index contributed by atoms with van der Waals surface area (Å²) in [7, 11) is 0. The van der Waals surface area contributed by atoms with Crippen LogP contribution in [0.3, 0.4) is 0 Å². The molecule has 9 atom stereocenters. The summed E-state index contributed by atoms with van der Waals surface area (Å²) >= 11 is 0. The Morgan fingerprint density at radius 1 is 0.598 bits per heavy atom. The predicted molar refractivity (Wildman–Crippen MR) is 360 cm³/mol. The van der Waals surface area contributed by atoms with E-state index in [2.05, 4.69) is 57.8 Å². The number of amides is 11. The van der Waals surface area contributed by atoms with Crippen LogP contribution in [0.1, 0.15) is 81.0 Å². The van der Waals surface area contributed by atoms with Crippen LogP contribution in [0.4, 0.5) is 0 Å². The summed E-state index contributed by atoms with van der Waals surface area (Å²) in [5, 5.41) is 47.8. The number of nitrogens with two attached hydrogens (primary N) is 3. The monoisotopic (exact) mass is 1330 g/mol. The number of rotatable bonds is 33. The van der Waals surface area contributed by atoms with Gasteiger partial charge in [-0.3, -0.25) is 57.7 Å². The standard InChI is InChI=1S/C69H85N15O13/c1-39(2)30-51(61(90)77-50(18-10-28-73-69(71)72)68(97)84-29-11-19-57(84)67(96)75-37-58(70)87)78-64(93)54(34-42-20-23-43-14-6-7-15-44(43)31-42)80-62(91)53(33-41-21-24-46(86)25-22-41)81-66(95)56(38-85)83-65(94)55(35-45-36-74-48-17-9-8-16-47(45)48)82-63(92)52(32-40-12-4-3-5-13-40)79-60(89)49-26-27-59(88)76-49/h3-9,12-17,20-25,31,36,39,49-57,74,85-86H,10-11,18-19,26-30,32-35,37-38H2,1-2H3,(H2,70,87)(H,75,96)(H,76,88)(H,77,90)(H,78,93)(H,79,89)(H,80,91)(H,81,95)(H,82,92)(H,83,94)(H4,71,72,73)/t49-,50-,51-,52-,53-,54+,55-,56-,57-/m0/s1. The molecule has 2 fully saturated rings. The van der Waals surface area contributed by atoms with Crippen LogP contribution >= 0.6 is 0 Å². The van der Waals surface area contributed by atoms with Crippen molar-refractivity contribution in [2.75, 3.05) is 26.2 Å². The third-order valence-corrected chi connectivity index (χ3v) is 16.8. The second kappa shape index (κ2) is 34.5. The van der Waals surface area contributed by atoms with Crippen LogP contribution in [0.25, 0.3) is 21.7 Å². The lowest BCUT2D eigenvalue weighted by Gasteiger charge is -2.30. The van der Waals surface area contributed by atoms with Gasteiger partial charge < -0.3 is 85.1 Å². The molecule has 18 N–H and O–H groups in total. The molecule has 0 bridgehead atoms. The quantitative estimate of drug-likeness (QED) is 0.0142. The molecule has 0 aliphatic carbocycles. The van der Waals surface area contributed by atoms with Crippen LogP contribution in [0.2, 0.25) is 0 Å². The number of phenolic OH excluding ortho intramolecular Hbond substituents is 1. The Balaban J connectivity index is 1.06. The maximum Gasteiger partial charge on any atom is 0.245 e. The number of likely N-dealkylation sites (tertiary alicyclic amines) is 1. The average Bonchev–Trinajstić information content (AvgIpc) is 1.79. The molecule has 2 aliphatic rings. The van der Waals surface area contributed by atoms with E-state index in [0.717, 1.165) is 10.8 Å².